The summed E-state index contributed by atoms with van der Waals surface area (Å²) in [5.74, 6) is 5.01. The molecule has 8 nitrogen and oxygen atoms in total. The monoisotopic (exact) mass is 458 g/mol. The Morgan fingerprint density at radius 2 is 1.55 bits per heavy atom. The highest BCUT2D eigenvalue weighted by Crippen LogP contribution is 2.32. The van der Waals surface area contributed by atoms with Crippen LogP contribution in [0, 0.1) is 0 Å². The lowest BCUT2D eigenvalue weighted by Gasteiger charge is -2.09. The SMILES string of the molecule is NNS(=O)(=O)c1ccc(C(=O)Nc2ccccc2-c2nc3cc4ccccc4cc3o2)cc1. The molecule has 1 heterocycles. The number of benzene rings is 4. The number of nitrogens with two attached hydrogens (primary N) is 1. The first kappa shape index (κ1) is 20.8. The molecule has 164 valence electrons. The smallest absolute Gasteiger partial charge is 0.255 e. The van der Waals surface area contributed by atoms with Crippen molar-refractivity contribution >= 4 is 43.5 Å². The van der Waals surface area contributed by atoms with Crippen LogP contribution in [0.1, 0.15) is 10.4 Å². The Labute approximate surface area is 189 Å². The molecule has 33 heavy (non-hydrogen) atoms. The van der Waals surface area contributed by atoms with Gasteiger partial charge in [-0.1, -0.05) is 36.4 Å². The van der Waals surface area contributed by atoms with Crippen molar-refractivity contribution < 1.29 is 17.6 Å². The Hall–Kier alpha value is -4.05. The third-order valence-corrected chi connectivity index (χ3v) is 6.45. The lowest BCUT2D eigenvalue weighted by Crippen LogP contribution is -2.30. The molecule has 0 saturated heterocycles. The molecule has 0 aliphatic heterocycles. The summed E-state index contributed by atoms with van der Waals surface area (Å²) in [4.78, 5) is 19.1. The molecular weight excluding hydrogens is 440 g/mol. The summed E-state index contributed by atoms with van der Waals surface area (Å²) in [5, 5.41) is 4.95. The molecule has 0 atom stereocenters. The number of nitrogens with one attached hydrogen (secondary N) is 2. The summed E-state index contributed by atoms with van der Waals surface area (Å²) in [6, 6.07) is 24.5. The van der Waals surface area contributed by atoms with Crippen molar-refractivity contribution in [1.29, 1.82) is 0 Å². The van der Waals surface area contributed by atoms with Crippen molar-refractivity contribution in [1.82, 2.24) is 9.82 Å². The number of carbonyl (C=O) groups excluding carboxylic acids is 1. The van der Waals surface area contributed by atoms with Crippen LogP contribution in [0.5, 0.6) is 0 Å². The molecule has 0 unspecified atom stereocenters. The lowest BCUT2D eigenvalue weighted by molar-refractivity contribution is 0.102. The molecule has 9 heteroatoms. The van der Waals surface area contributed by atoms with E-state index in [1.54, 1.807) is 17.0 Å². The minimum Gasteiger partial charge on any atom is -0.436 e. The van der Waals surface area contributed by atoms with E-state index in [-0.39, 0.29) is 10.5 Å². The van der Waals surface area contributed by atoms with E-state index in [1.807, 2.05) is 48.5 Å². The van der Waals surface area contributed by atoms with Crippen molar-refractivity contribution in [2.24, 2.45) is 5.84 Å². The van der Waals surface area contributed by atoms with Gasteiger partial charge in [-0.25, -0.2) is 13.4 Å². The van der Waals surface area contributed by atoms with Gasteiger partial charge in [-0.3, -0.25) is 10.6 Å². The maximum atomic E-state index is 12.8. The number of anilines is 1. The molecule has 0 radical (unpaired) electrons. The minimum absolute atomic E-state index is 0.0409. The first-order chi connectivity index (χ1) is 15.9. The zero-order chi connectivity index (χ0) is 23.0. The van der Waals surface area contributed by atoms with Crippen LogP contribution in [-0.4, -0.2) is 19.3 Å². The van der Waals surface area contributed by atoms with Crippen molar-refractivity contribution in [3.05, 3.63) is 90.5 Å². The number of oxazole rings is 1. The number of amides is 1. The Balaban J connectivity index is 1.47. The van der Waals surface area contributed by atoms with Crippen molar-refractivity contribution in [3.63, 3.8) is 0 Å². The van der Waals surface area contributed by atoms with Crippen LogP contribution >= 0.6 is 0 Å². The van der Waals surface area contributed by atoms with Gasteiger partial charge in [0.05, 0.1) is 16.1 Å². The molecule has 1 aromatic heterocycles. The van der Waals surface area contributed by atoms with Gasteiger partial charge in [0.1, 0.15) is 5.52 Å². The first-order valence-corrected chi connectivity index (χ1v) is 11.5. The summed E-state index contributed by atoms with van der Waals surface area (Å²) in [7, 11) is -3.79. The average Bonchev–Trinajstić information content (AvgIpc) is 3.25. The van der Waals surface area contributed by atoms with E-state index in [9.17, 15) is 13.2 Å². The van der Waals surface area contributed by atoms with Gasteiger partial charge in [-0.2, -0.15) is 4.83 Å². The number of nitrogens with zero attached hydrogens (tertiary/aromatic N) is 1. The van der Waals surface area contributed by atoms with Crippen LogP contribution in [0.4, 0.5) is 5.69 Å². The van der Waals surface area contributed by atoms with Crippen LogP contribution in [0.3, 0.4) is 0 Å². The Bertz CT molecular complexity index is 1560. The van der Waals surface area contributed by atoms with Crippen LogP contribution in [0.15, 0.2) is 94.2 Å². The summed E-state index contributed by atoms with van der Waals surface area (Å²) >= 11 is 0. The van der Waals surface area contributed by atoms with Gasteiger partial charge in [0.2, 0.25) is 5.89 Å². The van der Waals surface area contributed by atoms with Gasteiger partial charge >= 0.3 is 0 Å². The number of carbonyl (C=O) groups is 1. The number of hydrogen-bond acceptors (Lipinski definition) is 6. The third kappa shape index (κ3) is 3.96. The molecule has 5 aromatic rings. The number of aromatic nitrogens is 1. The normalized spacial score (nSPS) is 11.7. The lowest BCUT2D eigenvalue weighted by atomic mass is 10.1. The van der Waals surface area contributed by atoms with Gasteiger partial charge in [0.25, 0.3) is 15.9 Å². The fraction of sp³-hybridized carbons (Fsp3) is 0. The highest BCUT2D eigenvalue weighted by Gasteiger charge is 2.17. The van der Waals surface area contributed by atoms with E-state index in [4.69, 9.17) is 10.3 Å². The second-order valence-electron chi connectivity index (χ2n) is 7.33. The maximum absolute atomic E-state index is 12.8. The summed E-state index contributed by atoms with van der Waals surface area (Å²) in [6.07, 6.45) is 0. The number of fused-ring (bicyclic) bond motifs is 2. The van der Waals surface area contributed by atoms with E-state index in [0.29, 0.717) is 22.7 Å². The summed E-state index contributed by atoms with van der Waals surface area (Å²) < 4.78 is 29.6. The van der Waals surface area contributed by atoms with E-state index < -0.39 is 15.9 Å². The number of sulfonamides is 1. The average molecular weight is 458 g/mol. The zero-order valence-corrected chi connectivity index (χ0v) is 18.0. The van der Waals surface area contributed by atoms with Crippen LogP contribution in [0.2, 0.25) is 0 Å². The predicted molar refractivity (Wildman–Crippen MR) is 126 cm³/mol. The fourth-order valence-corrected chi connectivity index (χ4v) is 4.19. The van der Waals surface area contributed by atoms with E-state index in [2.05, 4.69) is 10.3 Å². The number of rotatable bonds is 5. The molecule has 0 aliphatic carbocycles. The molecule has 0 spiro atoms. The molecule has 4 aromatic carbocycles. The molecule has 1 amide bonds. The van der Waals surface area contributed by atoms with E-state index in [0.717, 1.165) is 16.3 Å². The van der Waals surface area contributed by atoms with E-state index >= 15 is 0 Å². The molecule has 4 N–H and O–H groups in total. The highest BCUT2D eigenvalue weighted by atomic mass is 32.2. The van der Waals surface area contributed by atoms with Gasteiger partial charge in [-0.05, 0) is 59.3 Å². The number of para-hydroxylation sites is 1. The first-order valence-electron chi connectivity index (χ1n) is 9.97. The number of hydrogen-bond donors (Lipinski definition) is 3. The second-order valence-corrected chi connectivity index (χ2v) is 9.05. The highest BCUT2D eigenvalue weighted by molar-refractivity contribution is 7.89. The van der Waals surface area contributed by atoms with Crippen molar-refractivity contribution in [2.45, 2.75) is 4.90 Å². The predicted octanol–water partition coefficient (Wildman–Crippen LogP) is 4.05. The van der Waals surface area contributed by atoms with Gasteiger partial charge in [0.15, 0.2) is 5.58 Å². The number of hydrazine groups is 1. The van der Waals surface area contributed by atoms with E-state index in [1.165, 1.54) is 24.3 Å². The van der Waals surface area contributed by atoms with Crippen LogP contribution in [0.25, 0.3) is 33.3 Å². The quantitative estimate of drug-likeness (QED) is 0.269. The van der Waals surface area contributed by atoms with Crippen LogP contribution < -0.4 is 16.0 Å². The topological polar surface area (TPSA) is 127 Å². The largest absolute Gasteiger partial charge is 0.436 e. The molecule has 0 saturated carbocycles. The van der Waals surface area contributed by atoms with Gasteiger partial charge < -0.3 is 9.73 Å². The molecule has 0 aliphatic rings. The van der Waals surface area contributed by atoms with Crippen molar-refractivity contribution in [3.8, 4) is 11.5 Å². The van der Waals surface area contributed by atoms with Gasteiger partial charge in [-0.15, -0.1) is 0 Å². The molecule has 5 rings (SSSR count). The third-order valence-electron chi connectivity index (χ3n) is 5.24. The fourth-order valence-electron chi connectivity index (χ4n) is 3.55. The standard InChI is InChI=1S/C24H18N4O4S/c25-28-33(30,31)18-11-9-15(10-12-18)23(29)26-20-8-4-3-7-19(20)24-27-21-13-16-5-1-2-6-17(16)14-22(21)32-24/h1-14,28H,25H2,(H,26,29). The summed E-state index contributed by atoms with van der Waals surface area (Å²) in [6.45, 7) is 0. The Morgan fingerprint density at radius 1 is 0.879 bits per heavy atom. The van der Waals surface area contributed by atoms with Crippen molar-refractivity contribution in [2.75, 3.05) is 5.32 Å². The molecule has 0 fully saturated rings. The summed E-state index contributed by atoms with van der Waals surface area (Å²) in [5.41, 5.74) is 2.78. The van der Waals surface area contributed by atoms with Gasteiger partial charge in [0, 0.05) is 5.56 Å². The molecular formula is C24H18N4O4S. The Morgan fingerprint density at radius 3 is 2.27 bits per heavy atom. The second kappa shape index (κ2) is 8.14. The van der Waals surface area contributed by atoms with Crippen LogP contribution in [-0.2, 0) is 10.0 Å². The Kier molecular flexibility index (Phi) is 5.14. The maximum Gasteiger partial charge on any atom is 0.255 e. The molecule has 0 bridgehead atoms. The minimum atomic E-state index is -3.79. The zero-order valence-electron chi connectivity index (χ0n) is 17.1.